The average Bonchev–Trinajstić information content (AvgIpc) is 3.19. The van der Waals surface area contributed by atoms with Crippen LogP contribution < -0.4 is 5.32 Å². The Labute approximate surface area is 108 Å². The standard InChI is InChI=1S/C13H23N3O2/c1-10(2)9-14-13(18)16-7-5-15(6-8-16)12(17)11-3-4-11/h10-11H,3-9H2,1-2H3,(H,14,18). The second kappa shape index (κ2) is 5.59. The molecule has 1 saturated heterocycles. The van der Waals surface area contributed by atoms with Crippen LogP contribution in [0.25, 0.3) is 0 Å². The second-order valence-electron chi connectivity index (χ2n) is 5.67. The molecule has 0 spiro atoms. The van der Waals surface area contributed by atoms with Gasteiger partial charge in [0.2, 0.25) is 5.91 Å². The van der Waals surface area contributed by atoms with Crippen molar-refractivity contribution in [3.8, 4) is 0 Å². The number of amides is 3. The number of nitrogens with zero attached hydrogens (tertiary/aromatic N) is 2. The van der Waals surface area contributed by atoms with Crippen molar-refractivity contribution in [1.82, 2.24) is 15.1 Å². The number of hydrogen-bond donors (Lipinski definition) is 1. The third-order valence-electron chi connectivity index (χ3n) is 3.47. The predicted molar refractivity (Wildman–Crippen MR) is 69.1 cm³/mol. The smallest absolute Gasteiger partial charge is 0.317 e. The van der Waals surface area contributed by atoms with Gasteiger partial charge in [-0.05, 0) is 18.8 Å². The average molecular weight is 253 g/mol. The molecule has 2 aliphatic rings. The summed E-state index contributed by atoms with van der Waals surface area (Å²) in [4.78, 5) is 27.4. The zero-order valence-corrected chi connectivity index (χ0v) is 11.3. The molecule has 1 saturated carbocycles. The van der Waals surface area contributed by atoms with Gasteiger partial charge in [-0.25, -0.2) is 4.79 Å². The van der Waals surface area contributed by atoms with Crippen molar-refractivity contribution >= 4 is 11.9 Å². The van der Waals surface area contributed by atoms with Gasteiger partial charge < -0.3 is 15.1 Å². The Bertz CT molecular complexity index is 318. The molecule has 5 nitrogen and oxygen atoms in total. The Morgan fingerprint density at radius 3 is 2.17 bits per heavy atom. The number of rotatable bonds is 3. The first-order valence-electron chi connectivity index (χ1n) is 6.89. The second-order valence-corrected chi connectivity index (χ2v) is 5.67. The minimum atomic E-state index is 0.00206. The molecule has 0 aromatic carbocycles. The Morgan fingerprint density at radius 1 is 1.11 bits per heavy atom. The van der Waals surface area contributed by atoms with Gasteiger partial charge >= 0.3 is 6.03 Å². The van der Waals surface area contributed by atoms with Gasteiger partial charge in [0.1, 0.15) is 0 Å². The molecule has 2 rings (SSSR count). The molecule has 3 amide bonds. The molecule has 0 aromatic heterocycles. The van der Waals surface area contributed by atoms with E-state index in [0.29, 0.717) is 38.6 Å². The summed E-state index contributed by atoms with van der Waals surface area (Å²) in [5.74, 6) is 1.04. The fourth-order valence-corrected chi connectivity index (χ4v) is 2.12. The van der Waals surface area contributed by atoms with Gasteiger partial charge in [0.15, 0.2) is 0 Å². The van der Waals surface area contributed by atoms with Crippen molar-refractivity contribution < 1.29 is 9.59 Å². The van der Waals surface area contributed by atoms with Gasteiger partial charge in [0.25, 0.3) is 0 Å². The lowest BCUT2D eigenvalue weighted by Crippen LogP contribution is -2.53. The first-order chi connectivity index (χ1) is 8.58. The molecular formula is C13H23N3O2. The van der Waals surface area contributed by atoms with E-state index >= 15 is 0 Å². The largest absolute Gasteiger partial charge is 0.339 e. The lowest BCUT2D eigenvalue weighted by Gasteiger charge is -2.35. The van der Waals surface area contributed by atoms with E-state index in [-0.39, 0.29) is 17.9 Å². The highest BCUT2D eigenvalue weighted by Crippen LogP contribution is 2.31. The Balaban J connectivity index is 1.72. The molecule has 102 valence electrons. The first-order valence-corrected chi connectivity index (χ1v) is 6.89. The number of piperazine rings is 1. The molecule has 0 atom stereocenters. The normalized spacial score (nSPS) is 20.2. The van der Waals surface area contributed by atoms with Crippen molar-refractivity contribution in [2.45, 2.75) is 26.7 Å². The molecule has 2 fully saturated rings. The summed E-state index contributed by atoms with van der Waals surface area (Å²) >= 11 is 0. The molecule has 1 N–H and O–H groups in total. The fourth-order valence-electron chi connectivity index (χ4n) is 2.12. The van der Waals surface area contributed by atoms with Crippen LogP contribution in [0.15, 0.2) is 0 Å². The predicted octanol–water partition coefficient (Wildman–Crippen LogP) is 0.906. The van der Waals surface area contributed by atoms with Gasteiger partial charge in [-0.3, -0.25) is 4.79 Å². The highest BCUT2D eigenvalue weighted by molar-refractivity contribution is 5.81. The van der Waals surface area contributed by atoms with Crippen LogP contribution in [0.3, 0.4) is 0 Å². The molecule has 1 aliphatic heterocycles. The van der Waals surface area contributed by atoms with Gasteiger partial charge in [0.05, 0.1) is 0 Å². The summed E-state index contributed by atoms with van der Waals surface area (Å²) in [6.45, 7) is 7.54. The van der Waals surface area contributed by atoms with E-state index in [2.05, 4.69) is 19.2 Å². The maximum Gasteiger partial charge on any atom is 0.317 e. The van der Waals surface area contributed by atoms with Crippen LogP contribution in [-0.2, 0) is 4.79 Å². The molecule has 0 unspecified atom stereocenters. The van der Waals surface area contributed by atoms with Crippen molar-refractivity contribution in [2.24, 2.45) is 11.8 Å². The maximum atomic E-state index is 11.9. The number of urea groups is 1. The molecular weight excluding hydrogens is 230 g/mol. The van der Waals surface area contributed by atoms with Crippen LogP contribution in [0.1, 0.15) is 26.7 Å². The maximum absolute atomic E-state index is 11.9. The number of carbonyl (C=O) groups excluding carboxylic acids is 2. The summed E-state index contributed by atoms with van der Waals surface area (Å²) in [5.41, 5.74) is 0. The number of carbonyl (C=O) groups is 2. The Morgan fingerprint density at radius 2 is 1.67 bits per heavy atom. The van der Waals surface area contributed by atoms with Crippen molar-refractivity contribution in [3.63, 3.8) is 0 Å². The van der Waals surface area contributed by atoms with Crippen LogP contribution in [-0.4, -0.2) is 54.5 Å². The summed E-state index contributed by atoms with van der Waals surface area (Å²) in [6.07, 6.45) is 2.10. The third-order valence-corrected chi connectivity index (χ3v) is 3.47. The zero-order valence-electron chi connectivity index (χ0n) is 11.3. The minimum absolute atomic E-state index is 0.00206. The van der Waals surface area contributed by atoms with Crippen molar-refractivity contribution in [1.29, 1.82) is 0 Å². The molecule has 1 heterocycles. The molecule has 0 aromatic rings. The van der Waals surface area contributed by atoms with Gasteiger partial charge in [0, 0.05) is 38.6 Å². The summed E-state index contributed by atoms with van der Waals surface area (Å²) in [6, 6.07) is 0.00206. The molecule has 0 radical (unpaired) electrons. The Kier molecular flexibility index (Phi) is 4.09. The minimum Gasteiger partial charge on any atom is -0.339 e. The van der Waals surface area contributed by atoms with Gasteiger partial charge in [-0.15, -0.1) is 0 Å². The van der Waals surface area contributed by atoms with E-state index in [1.54, 1.807) is 4.90 Å². The highest BCUT2D eigenvalue weighted by Gasteiger charge is 2.35. The van der Waals surface area contributed by atoms with Gasteiger partial charge in [-0.2, -0.15) is 0 Å². The van der Waals surface area contributed by atoms with Crippen LogP contribution in [0.4, 0.5) is 4.79 Å². The highest BCUT2D eigenvalue weighted by atomic mass is 16.2. The number of nitrogens with one attached hydrogen (secondary N) is 1. The zero-order chi connectivity index (χ0) is 13.1. The van der Waals surface area contributed by atoms with Gasteiger partial charge in [-0.1, -0.05) is 13.8 Å². The summed E-state index contributed by atoms with van der Waals surface area (Å²) in [5, 5.41) is 2.91. The molecule has 1 aliphatic carbocycles. The third kappa shape index (κ3) is 3.37. The van der Waals surface area contributed by atoms with Crippen LogP contribution in [0, 0.1) is 11.8 Å². The van der Waals surface area contributed by atoms with E-state index < -0.39 is 0 Å². The van der Waals surface area contributed by atoms with E-state index in [9.17, 15) is 9.59 Å². The van der Waals surface area contributed by atoms with Crippen LogP contribution in [0.2, 0.25) is 0 Å². The van der Waals surface area contributed by atoms with E-state index in [0.717, 1.165) is 12.8 Å². The molecule has 0 bridgehead atoms. The van der Waals surface area contributed by atoms with Crippen molar-refractivity contribution in [2.75, 3.05) is 32.7 Å². The Hall–Kier alpha value is -1.26. The first kappa shape index (κ1) is 13.2. The molecule has 18 heavy (non-hydrogen) atoms. The quantitative estimate of drug-likeness (QED) is 0.812. The number of hydrogen-bond acceptors (Lipinski definition) is 2. The SMILES string of the molecule is CC(C)CNC(=O)N1CCN(C(=O)C2CC2)CC1. The summed E-state index contributed by atoms with van der Waals surface area (Å²) in [7, 11) is 0. The van der Waals surface area contributed by atoms with E-state index in [4.69, 9.17) is 0 Å². The summed E-state index contributed by atoms with van der Waals surface area (Å²) < 4.78 is 0. The van der Waals surface area contributed by atoms with Crippen LogP contribution >= 0.6 is 0 Å². The van der Waals surface area contributed by atoms with E-state index in [1.165, 1.54) is 0 Å². The van der Waals surface area contributed by atoms with Crippen molar-refractivity contribution in [3.05, 3.63) is 0 Å². The fraction of sp³-hybridized carbons (Fsp3) is 0.846. The monoisotopic (exact) mass is 253 g/mol. The molecule has 5 heteroatoms. The lowest BCUT2D eigenvalue weighted by molar-refractivity contribution is -0.133. The van der Waals surface area contributed by atoms with Crippen LogP contribution in [0.5, 0.6) is 0 Å². The van der Waals surface area contributed by atoms with E-state index in [1.807, 2.05) is 4.90 Å². The topological polar surface area (TPSA) is 52.7 Å². The lowest BCUT2D eigenvalue weighted by atomic mass is 10.2.